The molecule has 0 radical (unpaired) electrons. The van der Waals surface area contributed by atoms with Gasteiger partial charge in [-0.3, -0.25) is 4.79 Å². The molecule has 1 fully saturated rings. The van der Waals surface area contributed by atoms with Gasteiger partial charge < -0.3 is 21.5 Å². The Labute approximate surface area is 113 Å². The van der Waals surface area contributed by atoms with E-state index >= 15 is 0 Å². The number of rotatable bonds is 5. The molecule has 5 heteroatoms. The summed E-state index contributed by atoms with van der Waals surface area (Å²) in [6.45, 7) is 0.652. The summed E-state index contributed by atoms with van der Waals surface area (Å²) in [5.41, 5.74) is 12.7. The van der Waals surface area contributed by atoms with Crippen molar-refractivity contribution in [2.45, 2.75) is 31.7 Å². The summed E-state index contributed by atoms with van der Waals surface area (Å²) < 4.78 is 0. The van der Waals surface area contributed by atoms with Gasteiger partial charge in [0.2, 0.25) is 0 Å². The highest BCUT2D eigenvalue weighted by Gasteiger charge is 2.23. The van der Waals surface area contributed by atoms with Crippen molar-refractivity contribution in [3.05, 3.63) is 23.8 Å². The van der Waals surface area contributed by atoms with E-state index in [1.165, 1.54) is 12.8 Å². The zero-order valence-electron chi connectivity index (χ0n) is 11.0. The monoisotopic (exact) mass is 263 g/mol. The standard InChI is InChI=1S/C14H21N3O2/c15-13-6-5-11(9-12(13)14(16)19)17(7-8-18)10-3-1-2-4-10/h5-6,9-10,18H,1-4,7-8,15H2,(H2,16,19). The average molecular weight is 263 g/mol. The number of amides is 1. The molecular formula is C14H21N3O2. The second-order valence-corrected chi connectivity index (χ2v) is 4.99. The number of benzene rings is 1. The number of aliphatic hydroxyl groups excluding tert-OH is 1. The molecule has 1 saturated carbocycles. The van der Waals surface area contributed by atoms with Crippen molar-refractivity contribution in [1.29, 1.82) is 0 Å². The van der Waals surface area contributed by atoms with Crippen LogP contribution < -0.4 is 16.4 Å². The van der Waals surface area contributed by atoms with Crippen LogP contribution in [0.2, 0.25) is 0 Å². The molecule has 5 nitrogen and oxygen atoms in total. The summed E-state index contributed by atoms with van der Waals surface area (Å²) >= 11 is 0. The summed E-state index contributed by atoms with van der Waals surface area (Å²) in [6, 6.07) is 5.74. The third-order valence-corrected chi connectivity index (χ3v) is 3.74. The first-order chi connectivity index (χ1) is 9.13. The van der Waals surface area contributed by atoms with Crippen LogP contribution in [0.4, 0.5) is 11.4 Å². The highest BCUT2D eigenvalue weighted by atomic mass is 16.3. The highest BCUT2D eigenvalue weighted by Crippen LogP contribution is 2.29. The Morgan fingerprint density at radius 3 is 2.63 bits per heavy atom. The second kappa shape index (κ2) is 5.93. The van der Waals surface area contributed by atoms with Gasteiger partial charge in [-0.15, -0.1) is 0 Å². The Morgan fingerprint density at radius 2 is 2.05 bits per heavy atom. The van der Waals surface area contributed by atoms with Gasteiger partial charge in [0.25, 0.3) is 5.91 Å². The van der Waals surface area contributed by atoms with E-state index in [0.29, 0.717) is 23.8 Å². The van der Waals surface area contributed by atoms with Crippen molar-refractivity contribution < 1.29 is 9.90 Å². The van der Waals surface area contributed by atoms with Crippen molar-refractivity contribution in [3.8, 4) is 0 Å². The number of hydrogen-bond donors (Lipinski definition) is 3. The minimum absolute atomic E-state index is 0.0901. The lowest BCUT2D eigenvalue weighted by molar-refractivity contribution is 0.100. The zero-order valence-corrected chi connectivity index (χ0v) is 11.0. The van der Waals surface area contributed by atoms with Gasteiger partial charge in [-0.1, -0.05) is 12.8 Å². The van der Waals surface area contributed by atoms with Crippen molar-refractivity contribution in [3.63, 3.8) is 0 Å². The maximum absolute atomic E-state index is 11.4. The lowest BCUT2D eigenvalue weighted by atomic mass is 10.1. The van der Waals surface area contributed by atoms with E-state index in [9.17, 15) is 9.90 Å². The Kier molecular flexibility index (Phi) is 4.27. The lowest BCUT2D eigenvalue weighted by Gasteiger charge is -2.31. The predicted molar refractivity (Wildman–Crippen MR) is 76.1 cm³/mol. The molecule has 0 aliphatic heterocycles. The van der Waals surface area contributed by atoms with Gasteiger partial charge in [0, 0.05) is 24.0 Å². The predicted octanol–water partition coefficient (Wildman–Crippen LogP) is 1.11. The molecule has 1 aromatic carbocycles. The second-order valence-electron chi connectivity index (χ2n) is 4.99. The molecular weight excluding hydrogens is 242 g/mol. The number of nitrogens with zero attached hydrogens (tertiary/aromatic N) is 1. The van der Waals surface area contributed by atoms with Crippen LogP contribution in [0, 0.1) is 0 Å². The quantitative estimate of drug-likeness (QED) is 0.694. The molecule has 1 aliphatic carbocycles. The fourth-order valence-corrected chi connectivity index (χ4v) is 2.78. The fraction of sp³-hybridized carbons (Fsp3) is 0.500. The Balaban J connectivity index is 2.30. The molecule has 0 spiro atoms. The molecule has 19 heavy (non-hydrogen) atoms. The van der Waals surface area contributed by atoms with E-state index in [1.807, 2.05) is 6.07 Å². The van der Waals surface area contributed by atoms with Gasteiger partial charge in [-0.05, 0) is 31.0 Å². The first-order valence-electron chi connectivity index (χ1n) is 6.70. The highest BCUT2D eigenvalue weighted by molar-refractivity contribution is 5.99. The first-order valence-corrected chi connectivity index (χ1v) is 6.70. The molecule has 5 N–H and O–H groups in total. The minimum atomic E-state index is -0.519. The zero-order chi connectivity index (χ0) is 13.8. The smallest absolute Gasteiger partial charge is 0.250 e. The number of hydrogen-bond acceptors (Lipinski definition) is 4. The maximum atomic E-state index is 11.4. The van der Waals surface area contributed by atoms with Crippen LogP contribution in [0.15, 0.2) is 18.2 Å². The number of nitrogen functional groups attached to an aromatic ring is 1. The van der Waals surface area contributed by atoms with E-state index in [0.717, 1.165) is 18.5 Å². The topological polar surface area (TPSA) is 92.6 Å². The largest absolute Gasteiger partial charge is 0.398 e. The van der Waals surface area contributed by atoms with Crippen molar-refractivity contribution in [1.82, 2.24) is 0 Å². The fourth-order valence-electron chi connectivity index (χ4n) is 2.78. The van der Waals surface area contributed by atoms with Gasteiger partial charge in [0.1, 0.15) is 0 Å². The average Bonchev–Trinajstić information content (AvgIpc) is 2.90. The molecule has 0 saturated heterocycles. The SMILES string of the molecule is NC(=O)c1cc(N(CCO)C2CCCC2)ccc1N. The van der Waals surface area contributed by atoms with E-state index in [1.54, 1.807) is 12.1 Å². The molecule has 0 heterocycles. The van der Waals surface area contributed by atoms with Gasteiger partial charge in [-0.2, -0.15) is 0 Å². The van der Waals surface area contributed by atoms with Crippen molar-refractivity contribution >= 4 is 17.3 Å². The molecule has 2 rings (SSSR count). The molecule has 104 valence electrons. The summed E-state index contributed by atoms with van der Waals surface area (Å²) in [5, 5.41) is 9.23. The number of nitrogens with two attached hydrogens (primary N) is 2. The van der Waals surface area contributed by atoms with Gasteiger partial charge in [-0.25, -0.2) is 0 Å². The van der Waals surface area contributed by atoms with Crippen LogP contribution in [-0.4, -0.2) is 30.2 Å². The van der Waals surface area contributed by atoms with Gasteiger partial charge in [0.05, 0.1) is 12.2 Å². The minimum Gasteiger partial charge on any atom is -0.398 e. The molecule has 1 aromatic rings. The van der Waals surface area contributed by atoms with Crippen LogP contribution in [0.3, 0.4) is 0 Å². The van der Waals surface area contributed by atoms with E-state index in [2.05, 4.69) is 4.90 Å². The van der Waals surface area contributed by atoms with Crippen LogP contribution in [0.5, 0.6) is 0 Å². The van der Waals surface area contributed by atoms with Gasteiger partial charge in [0.15, 0.2) is 0 Å². The molecule has 0 aromatic heterocycles. The van der Waals surface area contributed by atoms with Crippen LogP contribution >= 0.6 is 0 Å². The lowest BCUT2D eigenvalue weighted by Crippen LogP contribution is -2.35. The number of anilines is 2. The molecule has 1 amide bonds. The molecule has 0 unspecified atom stereocenters. The maximum Gasteiger partial charge on any atom is 0.250 e. The first kappa shape index (κ1) is 13.7. The third-order valence-electron chi connectivity index (χ3n) is 3.74. The van der Waals surface area contributed by atoms with Crippen molar-refractivity contribution in [2.24, 2.45) is 5.73 Å². The molecule has 0 bridgehead atoms. The van der Waals surface area contributed by atoms with Crippen LogP contribution in [-0.2, 0) is 0 Å². The summed E-state index contributed by atoms with van der Waals surface area (Å²) in [5.74, 6) is -0.519. The van der Waals surface area contributed by atoms with Gasteiger partial charge >= 0.3 is 0 Å². The molecule has 0 atom stereocenters. The summed E-state index contributed by atoms with van der Waals surface area (Å²) in [7, 11) is 0. The van der Waals surface area contributed by atoms with Crippen molar-refractivity contribution in [2.75, 3.05) is 23.8 Å². The number of carbonyl (C=O) groups is 1. The Hall–Kier alpha value is -1.75. The Bertz CT molecular complexity index is 456. The summed E-state index contributed by atoms with van der Waals surface area (Å²) in [4.78, 5) is 13.5. The van der Waals surface area contributed by atoms with E-state index < -0.39 is 5.91 Å². The number of primary amides is 1. The number of carbonyl (C=O) groups excluding carboxylic acids is 1. The van der Waals surface area contributed by atoms with Crippen LogP contribution in [0.1, 0.15) is 36.0 Å². The van der Waals surface area contributed by atoms with E-state index in [-0.39, 0.29) is 6.61 Å². The molecule has 1 aliphatic rings. The third kappa shape index (κ3) is 2.98. The number of aliphatic hydroxyl groups is 1. The summed E-state index contributed by atoms with van der Waals surface area (Å²) in [6.07, 6.45) is 4.67. The Morgan fingerprint density at radius 1 is 1.37 bits per heavy atom. The van der Waals surface area contributed by atoms with Crippen LogP contribution in [0.25, 0.3) is 0 Å². The normalized spacial score (nSPS) is 15.6. The van der Waals surface area contributed by atoms with E-state index in [4.69, 9.17) is 11.5 Å².